The van der Waals surface area contributed by atoms with Crippen molar-refractivity contribution in [1.82, 2.24) is 9.88 Å². The second-order valence-electron chi connectivity index (χ2n) is 3.37. The molecule has 80 valence electrons. The molecule has 1 rings (SSSR count). The van der Waals surface area contributed by atoms with Crippen molar-refractivity contribution < 1.29 is 0 Å². The van der Waals surface area contributed by atoms with Gasteiger partial charge in [0.1, 0.15) is 0 Å². The molecule has 0 saturated carbocycles. The van der Waals surface area contributed by atoms with Crippen LogP contribution in [0.1, 0.15) is 18.2 Å². The standard InChI is InChI=1S/C12H17N3/c1-3-7-15(4-2)10-11-5-6-14-12(8-11)9-13/h1,5-6,8H,4,7,9-10,13H2,2H3. The van der Waals surface area contributed by atoms with Crippen LogP contribution in [0.3, 0.4) is 0 Å². The Morgan fingerprint density at radius 2 is 2.40 bits per heavy atom. The first-order valence-electron chi connectivity index (χ1n) is 5.09. The lowest BCUT2D eigenvalue weighted by Crippen LogP contribution is -2.23. The molecule has 0 unspecified atom stereocenters. The molecule has 0 saturated heterocycles. The molecule has 0 radical (unpaired) electrons. The molecule has 0 aromatic carbocycles. The minimum absolute atomic E-state index is 0.481. The van der Waals surface area contributed by atoms with E-state index < -0.39 is 0 Å². The summed E-state index contributed by atoms with van der Waals surface area (Å²) < 4.78 is 0. The van der Waals surface area contributed by atoms with Gasteiger partial charge in [0.15, 0.2) is 0 Å². The normalized spacial score (nSPS) is 10.3. The van der Waals surface area contributed by atoms with E-state index in [4.69, 9.17) is 12.2 Å². The first kappa shape index (κ1) is 11.7. The van der Waals surface area contributed by atoms with E-state index in [0.29, 0.717) is 13.1 Å². The summed E-state index contributed by atoms with van der Waals surface area (Å²) in [5.41, 5.74) is 7.66. The third-order valence-corrected chi connectivity index (χ3v) is 2.26. The van der Waals surface area contributed by atoms with E-state index in [1.165, 1.54) is 5.56 Å². The van der Waals surface area contributed by atoms with Crippen LogP contribution in [0.15, 0.2) is 18.3 Å². The van der Waals surface area contributed by atoms with Crippen molar-refractivity contribution in [3.63, 3.8) is 0 Å². The number of terminal acetylenes is 1. The Morgan fingerprint density at radius 1 is 1.60 bits per heavy atom. The average Bonchev–Trinajstić information content (AvgIpc) is 2.29. The number of hydrogen-bond acceptors (Lipinski definition) is 3. The fourth-order valence-electron chi connectivity index (χ4n) is 1.40. The molecular formula is C12H17N3. The SMILES string of the molecule is C#CCN(CC)Cc1ccnc(CN)c1. The second kappa shape index (κ2) is 6.18. The Balaban J connectivity index is 2.66. The van der Waals surface area contributed by atoms with Gasteiger partial charge in [-0.3, -0.25) is 9.88 Å². The van der Waals surface area contributed by atoms with Crippen LogP contribution in [0.5, 0.6) is 0 Å². The molecular weight excluding hydrogens is 186 g/mol. The van der Waals surface area contributed by atoms with Crippen LogP contribution in [0.25, 0.3) is 0 Å². The highest BCUT2D eigenvalue weighted by Gasteiger charge is 2.02. The molecule has 2 N–H and O–H groups in total. The zero-order valence-corrected chi connectivity index (χ0v) is 9.11. The van der Waals surface area contributed by atoms with Crippen molar-refractivity contribution in [1.29, 1.82) is 0 Å². The lowest BCUT2D eigenvalue weighted by molar-refractivity contribution is 0.316. The van der Waals surface area contributed by atoms with Gasteiger partial charge >= 0.3 is 0 Å². The van der Waals surface area contributed by atoms with Crippen molar-refractivity contribution in [2.45, 2.75) is 20.0 Å². The first-order chi connectivity index (χ1) is 7.30. The molecule has 0 aliphatic carbocycles. The van der Waals surface area contributed by atoms with Crippen LogP contribution in [0.2, 0.25) is 0 Å². The highest BCUT2D eigenvalue weighted by atomic mass is 15.1. The van der Waals surface area contributed by atoms with Gasteiger partial charge in [-0.2, -0.15) is 0 Å². The predicted octanol–water partition coefficient (Wildman–Crippen LogP) is 0.995. The average molecular weight is 203 g/mol. The topological polar surface area (TPSA) is 42.2 Å². The van der Waals surface area contributed by atoms with Crippen molar-refractivity contribution in [3.05, 3.63) is 29.6 Å². The molecule has 3 nitrogen and oxygen atoms in total. The molecule has 3 heteroatoms. The van der Waals surface area contributed by atoms with Gasteiger partial charge in [0.25, 0.3) is 0 Å². The maximum atomic E-state index is 5.53. The molecule has 0 bridgehead atoms. The van der Waals surface area contributed by atoms with Gasteiger partial charge in [0.2, 0.25) is 0 Å². The van der Waals surface area contributed by atoms with E-state index in [2.05, 4.69) is 22.7 Å². The number of aromatic nitrogens is 1. The minimum atomic E-state index is 0.481. The summed E-state index contributed by atoms with van der Waals surface area (Å²) in [6, 6.07) is 4.03. The summed E-state index contributed by atoms with van der Waals surface area (Å²) in [6.45, 7) is 5.06. The molecule has 0 aliphatic rings. The van der Waals surface area contributed by atoms with Crippen molar-refractivity contribution >= 4 is 0 Å². The zero-order valence-electron chi connectivity index (χ0n) is 9.11. The molecule has 0 amide bonds. The third-order valence-electron chi connectivity index (χ3n) is 2.26. The number of hydrogen-bond donors (Lipinski definition) is 1. The Kier molecular flexibility index (Phi) is 4.82. The predicted molar refractivity (Wildman–Crippen MR) is 61.9 cm³/mol. The van der Waals surface area contributed by atoms with Crippen molar-refractivity contribution in [2.24, 2.45) is 5.73 Å². The van der Waals surface area contributed by atoms with Crippen LogP contribution in [0, 0.1) is 12.3 Å². The minimum Gasteiger partial charge on any atom is -0.325 e. The Bertz CT molecular complexity index is 341. The maximum absolute atomic E-state index is 5.53. The summed E-state index contributed by atoms with van der Waals surface area (Å²) in [5, 5.41) is 0. The maximum Gasteiger partial charge on any atom is 0.0601 e. The molecule has 1 heterocycles. The number of rotatable bonds is 5. The summed E-state index contributed by atoms with van der Waals surface area (Å²) >= 11 is 0. The first-order valence-corrected chi connectivity index (χ1v) is 5.09. The lowest BCUT2D eigenvalue weighted by atomic mass is 10.2. The lowest BCUT2D eigenvalue weighted by Gasteiger charge is -2.17. The van der Waals surface area contributed by atoms with Gasteiger partial charge in [-0.15, -0.1) is 6.42 Å². The van der Waals surface area contributed by atoms with Gasteiger partial charge in [0, 0.05) is 19.3 Å². The van der Waals surface area contributed by atoms with E-state index in [1.807, 2.05) is 12.1 Å². The van der Waals surface area contributed by atoms with Crippen molar-refractivity contribution in [3.8, 4) is 12.3 Å². The van der Waals surface area contributed by atoms with Crippen LogP contribution < -0.4 is 5.73 Å². The summed E-state index contributed by atoms with van der Waals surface area (Å²) in [5.74, 6) is 2.65. The van der Waals surface area contributed by atoms with Crippen LogP contribution in [-0.2, 0) is 13.1 Å². The largest absolute Gasteiger partial charge is 0.325 e. The zero-order chi connectivity index (χ0) is 11.1. The molecule has 1 aromatic rings. The smallest absolute Gasteiger partial charge is 0.0601 e. The van der Waals surface area contributed by atoms with Crippen LogP contribution >= 0.6 is 0 Å². The van der Waals surface area contributed by atoms with Crippen molar-refractivity contribution in [2.75, 3.05) is 13.1 Å². The molecule has 0 fully saturated rings. The van der Waals surface area contributed by atoms with Gasteiger partial charge in [-0.05, 0) is 24.2 Å². The number of pyridine rings is 1. The number of nitrogens with two attached hydrogens (primary N) is 1. The van der Waals surface area contributed by atoms with Gasteiger partial charge in [0.05, 0.1) is 12.2 Å². The highest BCUT2D eigenvalue weighted by Crippen LogP contribution is 2.05. The van der Waals surface area contributed by atoms with Gasteiger partial charge < -0.3 is 5.73 Å². The fourth-order valence-corrected chi connectivity index (χ4v) is 1.40. The number of nitrogens with zero attached hydrogens (tertiary/aromatic N) is 2. The van der Waals surface area contributed by atoms with Gasteiger partial charge in [-0.1, -0.05) is 12.8 Å². The van der Waals surface area contributed by atoms with E-state index in [1.54, 1.807) is 6.20 Å². The Hall–Kier alpha value is -1.37. The molecule has 0 spiro atoms. The summed E-state index contributed by atoms with van der Waals surface area (Å²) in [6.07, 6.45) is 7.08. The highest BCUT2D eigenvalue weighted by molar-refractivity contribution is 5.16. The molecule has 15 heavy (non-hydrogen) atoms. The monoisotopic (exact) mass is 203 g/mol. The molecule has 1 aromatic heterocycles. The summed E-state index contributed by atoms with van der Waals surface area (Å²) in [7, 11) is 0. The quantitative estimate of drug-likeness (QED) is 0.726. The van der Waals surface area contributed by atoms with E-state index >= 15 is 0 Å². The fraction of sp³-hybridized carbons (Fsp3) is 0.417. The van der Waals surface area contributed by atoms with E-state index in [-0.39, 0.29) is 0 Å². The second-order valence-corrected chi connectivity index (χ2v) is 3.37. The van der Waals surface area contributed by atoms with Crippen LogP contribution in [0.4, 0.5) is 0 Å². The molecule has 0 aliphatic heterocycles. The Morgan fingerprint density at radius 3 is 3.00 bits per heavy atom. The Labute approximate surface area is 91.3 Å². The van der Waals surface area contributed by atoms with E-state index in [0.717, 1.165) is 18.8 Å². The van der Waals surface area contributed by atoms with Crippen LogP contribution in [-0.4, -0.2) is 23.0 Å². The van der Waals surface area contributed by atoms with Gasteiger partial charge in [-0.25, -0.2) is 0 Å². The third kappa shape index (κ3) is 3.70. The molecule has 0 atom stereocenters. The summed E-state index contributed by atoms with van der Waals surface area (Å²) in [4.78, 5) is 6.34. The van der Waals surface area contributed by atoms with E-state index in [9.17, 15) is 0 Å².